The summed E-state index contributed by atoms with van der Waals surface area (Å²) < 4.78 is 21.1. The van der Waals surface area contributed by atoms with Gasteiger partial charge in [0.1, 0.15) is 11.6 Å². The fraction of sp³-hybridized carbons (Fsp3) is 0.308. The summed E-state index contributed by atoms with van der Waals surface area (Å²) in [6.45, 7) is 1.96. The van der Waals surface area contributed by atoms with E-state index in [4.69, 9.17) is 9.57 Å². The average Bonchev–Trinajstić information content (AvgIpc) is 3.42. The summed E-state index contributed by atoms with van der Waals surface area (Å²) >= 11 is 0. The molecule has 2 unspecified atom stereocenters. The minimum absolute atomic E-state index is 0.160. The van der Waals surface area contributed by atoms with E-state index in [2.05, 4.69) is 10.1 Å². The van der Waals surface area contributed by atoms with Crippen LogP contribution in [0.15, 0.2) is 66.2 Å². The fourth-order valence-electron chi connectivity index (χ4n) is 4.86. The molecule has 0 bridgehead atoms. The van der Waals surface area contributed by atoms with Gasteiger partial charge in [-0.2, -0.15) is 0 Å². The van der Waals surface area contributed by atoms with Crippen molar-refractivity contribution in [2.24, 2.45) is 11.1 Å². The number of rotatable bonds is 5. The first-order valence-corrected chi connectivity index (χ1v) is 11.0. The van der Waals surface area contributed by atoms with Crippen molar-refractivity contribution in [3.63, 3.8) is 0 Å². The highest BCUT2D eigenvalue weighted by Crippen LogP contribution is 2.49. The third-order valence-corrected chi connectivity index (χ3v) is 6.50. The fourth-order valence-corrected chi connectivity index (χ4v) is 4.86. The molecular formula is C26H26FN3O2. The van der Waals surface area contributed by atoms with E-state index in [9.17, 15) is 4.39 Å². The third kappa shape index (κ3) is 3.60. The van der Waals surface area contributed by atoms with Crippen molar-refractivity contribution in [2.75, 3.05) is 7.11 Å². The Kier molecular flexibility index (Phi) is 5.29. The van der Waals surface area contributed by atoms with Crippen molar-refractivity contribution in [1.82, 2.24) is 9.55 Å². The van der Waals surface area contributed by atoms with E-state index >= 15 is 0 Å². The molecule has 3 aromatic rings. The zero-order valence-electron chi connectivity index (χ0n) is 18.3. The molecule has 164 valence electrons. The number of aryl methyl sites for hydroxylation is 1. The minimum Gasteiger partial charge on any atom is -0.495 e. The molecule has 32 heavy (non-hydrogen) atoms. The molecular weight excluding hydrogens is 405 g/mol. The molecule has 1 aromatic heterocycles. The summed E-state index contributed by atoms with van der Waals surface area (Å²) in [5.41, 5.74) is 4.34. The van der Waals surface area contributed by atoms with Crippen LogP contribution in [0, 0.1) is 18.7 Å². The number of oxime groups is 1. The summed E-state index contributed by atoms with van der Waals surface area (Å²) in [5.74, 6) is 0.695. The molecule has 1 fully saturated rings. The van der Waals surface area contributed by atoms with Gasteiger partial charge in [0.05, 0.1) is 36.4 Å². The number of methoxy groups -OCH3 is 1. The predicted octanol–water partition coefficient (Wildman–Crippen LogP) is 5.81. The van der Waals surface area contributed by atoms with Gasteiger partial charge >= 0.3 is 0 Å². The van der Waals surface area contributed by atoms with Gasteiger partial charge in [-0.15, -0.1) is 0 Å². The summed E-state index contributed by atoms with van der Waals surface area (Å²) in [7, 11) is 1.67. The zero-order chi connectivity index (χ0) is 22.1. The maximum atomic E-state index is 13.5. The first-order valence-electron chi connectivity index (χ1n) is 11.0. The molecule has 0 saturated heterocycles. The largest absolute Gasteiger partial charge is 0.495 e. The second-order valence-electron chi connectivity index (χ2n) is 8.49. The number of ether oxygens (including phenoxy) is 1. The lowest BCUT2D eigenvalue weighted by Crippen LogP contribution is -2.38. The highest BCUT2D eigenvalue weighted by atomic mass is 19.1. The van der Waals surface area contributed by atoms with Crippen LogP contribution < -0.4 is 4.74 Å². The molecule has 0 amide bonds. The Morgan fingerprint density at radius 1 is 1.16 bits per heavy atom. The van der Waals surface area contributed by atoms with E-state index in [-0.39, 0.29) is 11.7 Å². The smallest absolute Gasteiger partial charge is 0.171 e. The number of hydrogen-bond acceptors (Lipinski definition) is 4. The lowest BCUT2D eigenvalue weighted by atomic mass is 9.70. The Hall–Kier alpha value is -3.41. The first kappa shape index (κ1) is 20.5. The number of allylic oxidation sites excluding steroid dienone is 1. The summed E-state index contributed by atoms with van der Waals surface area (Å²) in [5, 5.41) is 4.47. The molecule has 2 heterocycles. The van der Waals surface area contributed by atoms with Crippen molar-refractivity contribution in [1.29, 1.82) is 0 Å². The van der Waals surface area contributed by atoms with Gasteiger partial charge in [0.15, 0.2) is 5.60 Å². The number of halogens is 1. The molecule has 5 nitrogen and oxygen atoms in total. The predicted molar refractivity (Wildman–Crippen MR) is 122 cm³/mol. The van der Waals surface area contributed by atoms with E-state index in [0.29, 0.717) is 0 Å². The quantitative estimate of drug-likeness (QED) is 0.512. The molecule has 0 radical (unpaired) electrons. The Morgan fingerprint density at radius 3 is 2.75 bits per heavy atom. The molecule has 1 aliphatic heterocycles. The van der Waals surface area contributed by atoms with E-state index in [1.807, 2.05) is 60.2 Å². The standard InChI is InChI=1S/C26H26FN3O2/c1-18-16-30(17-28-18)24-13-7-19(15-25(24)31-2)6-12-23-22-5-3-4-14-26(22,32-29-23)20-8-10-21(27)11-9-20/h6-13,15-17,22H,3-5,14H2,1-2H3/b12-6+. The normalized spacial score (nSPS) is 22.5. The van der Waals surface area contributed by atoms with E-state index < -0.39 is 5.60 Å². The third-order valence-electron chi connectivity index (χ3n) is 6.50. The lowest BCUT2D eigenvalue weighted by molar-refractivity contribution is -0.0715. The van der Waals surface area contributed by atoms with Crippen LogP contribution in [0.3, 0.4) is 0 Å². The van der Waals surface area contributed by atoms with E-state index in [0.717, 1.165) is 59.7 Å². The summed E-state index contributed by atoms with van der Waals surface area (Å²) in [6.07, 6.45) is 11.9. The highest BCUT2D eigenvalue weighted by molar-refractivity contribution is 6.01. The van der Waals surface area contributed by atoms with Crippen molar-refractivity contribution in [3.8, 4) is 11.4 Å². The Labute approximate surface area is 187 Å². The van der Waals surface area contributed by atoms with Gasteiger partial charge in [-0.1, -0.05) is 35.9 Å². The number of fused-ring (bicyclic) bond motifs is 1. The SMILES string of the molecule is COc1cc(/C=C/C2=NOC3(c4ccc(F)cc4)CCCCC23)ccc1-n1cnc(C)c1. The zero-order valence-corrected chi connectivity index (χ0v) is 18.3. The van der Waals surface area contributed by atoms with Crippen LogP contribution in [0.25, 0.3) is 11.8 Å². The van der Waals surface area contributed by atoms with Crippen molar-refractivity contribution >= 4 is 11.8 Å². The van der Waals surface area contributed by atoms with Crippen LogP contribution in [0.2, 0.25) is 0 Å². The van der Waals surface area contributed by atoms with Gasteiger partial charge in [0, 0.05) is 6.20 Å². The van der Waals surface area contributed by atoms with Crippen LogP contribution in [-0.4, -0.2) is 22.4 Å². The molecule has 6 heteroatoms. The number of imidazole rings is 1. The van der Waals surface area contributed by atoms with Crippen LogP contribution >= 0.6 is 0 Å². The molecule has 1 aliphatic carbocycles. The molecule has 1 saturated carbocycles. The van der Waals surface area contributed by atoms with E-state index in [1.54, 1.807) is 13.4 Å². The second kappa shape index (κ2) is 8.26. The van der Waals surface area contributed by atoms with E-state index in [1.165, 1.54) is 12.1 Å². The topological polar surface area (TPSA) is 48.6 Å². The second-order valence-corrected chi connectivity index (χ2v) is 8.49. The lowest BCUT2D eigenvalue weighted by Gasteiger charge is -2.37. The number of hydrogen-bond donors (Lipinski definition) is 0. The Morgan fingerprint density at radius 2 is 2.00 bits per heavy atom. The number of nitrogens with zero attached hydrogens (tertiary/aromatic N) is 3. The maximum Gasteiger partial charge on any atom is 0.171 e. The monoisotopic (exact) mass is 431 g/mol. The van der Waals surface area contributed by atoms with Crippen molar-refractivity contribution in [3.05, 3.63) is 83.7 Å². The van der Waals surface area contributed by atoms with Crippen LogP contribution in [0.1, 0.15) is 42.5 Å². The molecule has 2 aromatic carbocycles. The first-order chi connectivity index (χ1) is 15.6. The Balaban J connectivity index is 1.40. The number of aromatic nitrogens is 2. The minimum atomic E-state index is -0.494. The number of benzene rings is 2. The van der Waals surface area contributed by atoms with Crippen molar-refractivity contribution in [2.45, 2.75) is 38.2 Å². The molecule has 0 N–H and O–H groups in total. The van der Waals surface area contributed by atoms with Crippen molar-refractivity contribution < 1.29 is 14.0 Å². The van der Waals surface area contributed by atoms with Crippen LogP contribution in [0.5, 0.6) is 5.75 Å². The van der Waals surface area contributed by atoms with Gasteiger partial charge in [-0.3, -0.25) is 0 Å². The maximum absolute atomic E-state index is 13.5. The summed E-state index contributed by atoms with van der Waals surface area (Å²) in [4.78, 5) is 10.4. The van der Waals surface area contributed by atoms with Gasteiger partial charge in [-0.25, -0.2) is 9.37 Å². The van der Waals surface area contributed by atoms with Crippen LogP contribution in [-0.2, 0) is 10.4 Å². The Bertz CT molecular complexity index is 1180. The van der Waals surface area contributed by atoms with Crippen LogP contribution in [0.4, 0.5) is 4.39 Å². The highest BCUT2D eigenvalue weighted by Gasteiger charge is 2.50. The molecule has 5 rings (SSSR count). The molecule has 2 atom stereocenters. The van der Waals surface area contributed by atoms with Gasteiger partial charge in [-0.05, 0) is 67.7 Å². The van der Waals surface area contributed by atoms with Gasteiger partial charge < -0.3 is 14.1 Å². The molecule has 2 aliphatic rings. The summed E-state index contributed by atoms with van der Waals surface area (Å²) in [6, 6.07) is 12.7. The van der Waals surface area contributed by atoms with Gasteiger partial charge in [0.2, 0.25) is 0 Å². The molecule has 0 spiro atoms. The average molecular weight is 432 g/mol. The van der Waals surface area contributed by atoms with Gasteiger partial charge in [0.25, 0.3) is 0 Å².